The molecule has 0 saturated heterocycles. The van der Waals surface area contributed by atoms with Crippen molar-refractivity contribution in [3.63, 3.8) is 0 Å². The number of rotatable bonds is 6. The van der Waals surface area contributed by atoms with Crippen LogP contribution in [0, 0.1) is 0 Å². The van der Waals surface area contributed by atoms with E-state index in [4.69, 9.17) is 0 Å². The number of hydrogen-bond donors (Lipinski definition) is 2. The average Bonchev–Trinajstić information content (AvgIpc) is 2.53. The number of aliphatic hydroxyl groups excluding tert-OH is 1. The monoisotopic (exact) mass is 298 g/mol. The number of aromatic hydroxyl groups is 1. The third-order valence-electron chi connectivity index (χ3n) is 4.51. The molecule has 22 heavy (non-hydrogen) atoms. The van der Waals surface area contributed by atoms with E-state index in [2.05, 4.69) is 39.0 Å². The SMILES string of the molecule is CCCCc1ccc(C(C)(C)c2ccccc2)c(O)c1CO. The van der Waals surface area contributed by atoms with Gasteiger partial charge in [0, 0.05) is 16.5 Å². The van der Waals surface area contributed by atoms with Gasteiger partial charge in [-0.25, -0.2) is 0 Å². The molecule has 0 spiro atoms. The Kier molecular flexibility index (Phi) is 5.25. The van der Waals surface area contributed by atoms with Gasteiger partial charge in [0.05, 0.1) is 6.61 Å². The first-order valence-corrected chi connectivity index (χ1v) is 8.03. The highest BCUT2D eigenvalue weighted by Gasteiger charge is 2.27. The number of phenols is 1. The maximum atomic E-state index is 10.7. The lowest BCUT2D eigenvalue weighted by molar-refractivity contribution is 0.273. The highest BCUT2D eigenvalue weighted by atomic mass is 16.3. The van der Waals surface area contributed by atoms with Crippen molar-refractivity contribution in [2.75, 3.05) is 0 Å². The highest BCUT2D eigenvalue weighted by molar-refractivity contribution is 5.52. The maximum Gasteiger partial charge on any atom is 0.125 e. The summed E-state index contributed by atoms with van der Waals surface area (Å²) < 4.78 is 0. The van der Waals surface area contributed by atoms with Crippen LogP contribution in [0.2, 0.25) is 0 Å². The molecule has 2 aromatic rings. The zero-order valence-electron chi connectivity index (χ0n) is 13.8. The first-order valence-electron chi connectivity index (χ1n) is 8.03. The van der Waals surface area contributed by atoms with E-state index in [1.165, 1.54) is 0 Å². The lowest BCUT2D eigenvalue weighted by Gasteiger charge is -2.28. The molecule has 0 atom stereocenters. The van der Waals surface area contributed by atoms with Crippen molar-refractivity contribution in [3.8, 4) is 5.75 Å². The maximum absolute atomic E-state index is 10.7. The van der Waals surface area contributed by atoms with Crippen LogP contribution in [0.3, 0.4) is 0 Å². The minimum atomic E-state index is -0.307. The van der Waals surface area contributed by atoms with Crippen LogP contribution in [0.5, 0.6) is 5.75 Å². The highest BCUT2D eigenvalue weighted by Crippen LogP contribution is 2.39. The van der Waals surface area contributed by atoms with Crippen molar-refractivity contribution in [2.45, 2.75) is 52.1 Å². The average molecular weight is 298 g/mol. The van der Waals surface area contributed by atoms with Crippen LogP contribution >= 0.6 is 0 Å². The van der Waals surface area contributed by atoms with Crippen molar-refractivity contribution in [1.82, 2.24) is 0 Å². The van der Waals surface area contributed by atoms with Gasteiger partial charge < -0.3 is 10.2 Å². The zero-order valence-corrected chi connectivity index (χ0v) is 13.8. The molecule has 0 fully saturated rings. The van der Waals surface area contributed by atoms with Crippen molar-refractivity contribution < 1.29 is 10.2 Å². The molecule has 0 aromatic heterocycles. The summed E-state index contributed by atoms with van der Waals surface area (Å²) in [5.74, 6) is 0.241. The molecule has 118 valence electrons. The molecule has 0 aliphatic heterocycles. The molecule has 0 unspecified atom stereocenters. The van der Waals surface area contributed by atoms with Gasteiger partial charge in [-0.1, -0.05) is 69.7 Å². The minimum Gasteiger partial charge on any atom is -0.507 e. The smallest absolute Gasteiger partial charge is 0.125 e. The lowest BCUT2D eigenvalue weighted by atomic mass is 9.76. The summed E-state index contributed by atoms with van der Waals surface area (Å²) in [5, 5.41) is 20.4. The van der Waals surface area contributed by atoms with Gasteiger partial charge in [-0.2, -0.15) is 0 Å². The van der Waals surface area contributed by atoms with E-state index in [0.29, 0.717) is 5.56 Å². The number of aliphatic hydroxyl groups is 1. The summed E-state index contributed by atoms with van der Waals surface area (Å²) >= 11 is 0. The Morgan fingerprint density at radius 2 is 1.68 bits per heavy atom. The van der Waals surface area contributed by atoms with Gasteiger partial charge >= 0.3 is 0 Å². The molecule has 2 nitrogen and oxygen atoms in total. The van der Waals surface area contributed by atoms with Gasteiger partial charge in [0.15, 0.2) is 0 Å². The molecule has 0 aliphatic carbocycles. The predicted octanol–water partition coefficient (Wildman–Crippen LogP) is 4.55. The van der Waals surface area contributed by atoms with E-state index in [9.17, 15) is 10.2 Å². The second kappa shape index (κ2) is 6.97. The molecule has 0 aliphatic rings. The quantitative estimate of drug-likeness (QED) is 0.821. The molecule has 0 radical (unpaired) electrons. The topological polar surface area (TPSA) is 40.5 Å². The molecule has 0 bridgehead atoms. The zero-order chi connectivity index (χ0) is 16.2. The normalized spacial score (nSPS) is 11.6. The van der Waals surface area contributed by atoms with Crippen molar-refractivity contribution in [2.24, 2.45) is 0 Å². The molecular formula is C20H26O2. The number of unbranched alkanes of at least 4 members (excludes halogenated alkanes) is 1. The summed E-state index contributed by atoms with van der Waals surface area (Å²) in [4.78, 5) is 0. The predicted molar refractivity (Wildman–Crippen MR) is 91.2 cm³/mol. The van der Waals surface area contributed by atoms with Crippen LogP contribution in [-0.4, -0.2) is 10.2 Å². The molecule has 2 aromatic carbocycles. The van der Waals surface area contributed by atoms with Crippen LogP contribution < -0.4 is 0 Å². The van der Waals surface area contributed by atoms with Crippen LogP contribution in [0.25, 0.3) is 0 Å². The number of hydrogen-bond acceptors (Lipinski definition) is 2. The fourth-order valence-electron chi connectivity index (χ4n) is 2.97. The summed E-state index contributed by atoms with van der Waals surface area (Å²) in [6, 6.07) is 14.2. The third kappa shape index (κ3) is 3.17. The van der Waals surface area contributed by atoms with Gasteiger partial charge in [-0.3, -0.25) is 0 Å². The third-order valence-corrected chi connectivity index (χ3v) is 4.51. The molecule has 2 rings (SSSR count). The Balaban J connectivity index is 2.48. The van der Waals surface area contributed by atoms with Gasteiger partial charge in [0.1, 0.15) is 5.75 Å². The summed E-state index contributed by atoms with van der Waals surface area (Å²) in [6.07, 6.45) is 3.06. The van der Waals surface area contributed by atoms with Crippen molar-refractivity contribution >= 4 is 0 Å². The van der Waals surface area contributed by atoms with Gasteiger partial charge in [0.2, 0.25) is 0 Å². The van der Waals surface area contributed by atoms with Crippen molar-refractivity contribution in [1.29, 1.82) is 0 Å². The van der Waals surface area contributed by atoms with E-state index in [1.807, 2.05) is 24.3 Å². The molecule has 0 heterocycles. The van der Waals surface area contributed by atoms with Gasteiger partial charge in [0.25, 0.3) is 0 Å². The Morgan fingerprint density at radius 3 is 2.27 bits per heavy atom. The Labute approximate surface area is 133 Å². The van der Waals surface area contributed by atoms with E-state index >= 15 is 0 Å². The molecule has 0 amide bonds. The Hall–Kier alpha value is -1.80. The van der Waals surface area contributed by atoms with Crippen LogP contribution in [0.1, 0.15) is 55.9 Å². The Morgan fingerprint density at radius 1 is 1.00 bits per heavy atom. The summed E-state index contributed by atoms with van der Waals surface area (Å²) in [5.41, 5.74) is 3.43. The van der Waals surface area contributed by atoms with Gasteiger partial charge in [-0.15, -0.1) is 0 Å². The second-order valence-corrected chi connectivity index (χ2v) is 6.35. The number of aryl methyl sites for hydroxylation is 1. The fourth-order valence-corrected chi connectivity index (χ4v) is 2.97. The lowest BCUT2D eigenvalue weighted by Crippen LogP contribution is -2.19. The summed E-state index contributed by atoms with van der Waals surface area (Å²) in [6.45, 7) is 6.23. The van der Waals surface area contributed by atoms with E-state index in [0.717, 1.165) is 36.0 Å². The van der Waals surface area contributed by atoms with Crippen LogP contribution in [-0.2, 0) is 18.4 Å². The first kappa shape index (κ1) is 16.6. The van der Waals surface area contributed by atoms with E-state index in [-0.39, 0.29) is 17.8 Å². The summed E-state index contributed by atoms with van der Waals surface area (Å²) in [7, 11) is 0. The largest absolute Gasteiger partial charge is 0.507 e. The molecule has 0 saturated carbocycles. The second-order valence-electron chi connectivity index (χ2n) is 6.35. The fraction of sp³-hybridized carbons (Fsp3) is 0.400. The first-order chi connectivity index (χ1) is 10.5. The molecular weight excluding hydrogens is 272 g/mol. The van der Waals surface area contributed by atoms with Crippen LogP contribution in [0.15, 0.2) is 42.5 Å². The van der Waals surface area contributed by atoms with Gasteiger partial charge in [-0.05, 0) is 24.0 Å². The van der Waals surface area contributed by atoms with E-state index < -0.39 is 0 Å². The number of benzene rings is 2. The molecule has 2 N–H and O–H groups in total. The van der Waals surface area contributed by atoms with Crippen molar-refractivity contribution in [3.05, 3.63) is 64.7 Å². The minimum absolute atomic E-state index is 0.121. The van der Waals surface area contributed by atoms with E-state index in [1.54, 1.807) is 0 Å². The Bertz CT molecular complexity index is 615. The standard InChI is InChI=1S/C20H26O2/c1-4-5-9-15-12-13-18(19(22)17(15)14-21)20(2,3)16-10-7-6-8-11-16/h6-8,10-13,21-22H,4-5,9,14H2,1-3H3. The molecule has 2 heteroatoms. The van der Waals surface area contributed by atoms with Crippen LogP contribution in [0.4, 0.5) is 0 Å².